The number of carbonyl (C=O) groups excluding carboxylic acids is 2. The molecule has 0 aromatic carbocycles. The number of rotatable bonds is 23. The Morgan fingerprint density at radius 1 is 0.613 bits per heavy atom. The number of nitrogens with two attached hydrogens (primary N) is 2. The molecule has 0 aliphatic heterocycles. The molecule has 0 aromatic heterocycles. The molecule has 7 heteroatoms. The lowest BCUT2D eigenvalue weighted by molar-refractivity contribution is -0.121. The Bertz CT molecular complexity index is 397. The highest BCUT2D eigenvalue weighted by Gasteiger charge is 2.10. The quantitative estimate of drug-likeness (QED) is 0.182. The summed E-state index contributed by atoms with van der Waals surface area (Å²) in [6, 6.07) is 0. The Labute approximate surface area is 191 Å². The molecule has 0 bridgehead atoms. The van der Waals surface area contributed by atoms with Crippen LogP contribution < -0.4 is 22.1 Å². The van der Waals surface area contributed by atoms with Gasteiger partial charge >= 0.3 is 0 Å². The molecule has 0 aliphatic carbocycles. The zero-order chi connectivity index (χ0) is 23.0. The summed E-state index contributed by atoms with van der Waals surface area (Å²) < 4.78 is 0. The SMILES string of the molecule is CCCCCCCCCCCCCCN(CCC(=O)NCCN)CCC(=O)NCCN. The van der Waals surface area contributed by atoms with E-state index >= 15 is 0 Å². The van der Waals surface area contributed by atoms with Crippen molar-refractivity contribution in [2.75, 3.05) is 45.8 Å². The first-order chi connectivity index (χ1) is 15.1. The molecule has 6 N–H and O–H groups in total. The van der Waals surface area contributed by atoms with Gasteiger partial charge in [0.15, 0.2) is 0 Å². The molecule has 2 amide bonds. The van der Waals surface area contributed by atoms with Crippen molar-refractivity contribution in [3.8, 4) is 0 Å². The molecule has 0 radical (unpaired) electrons. The molecule has 0 rings (SSSR count). The molecule has 0 atom stereocenters. The van der Waals surface area contributed by atoms with Gasteiger partial charge in [0.25, 0.3) is 0 Å². The van der Waals surface area contributed by atoms with E-state index in [1.54, 1.807) is 0 Å². The fourth-order valence-corrected chi connectivity index (χ4v) is 3.63. The van der Waals surface area contributed by atoms with E-state index in [-0.39, 0.29) is 11.8 Å². The average molecular weight is 442 g/mol. The summed E-state index contributed by atoms with van der Waals surface area (Å²) in [5.41, 5.74) is 10.9. The number of amides is 2. The number of carbonyl (C=O) groups is 2. The Morgan fingerprint density at radius 2 is 1.00 bits per heavy atom. The zero-order valence-corrected chi connectivity index (χ0v) is 20.3. The molecule has 0 spiro atoms. The second kappa shape index (κ2) is 23.5. The molecule has 0 fully saturated rings. The summed E-state index contributed by atoms with van der Waals surface area (Å²) in [7, 11) is 0. The number of nitrogens with one attached hydrogen (secondary N) is 2. The van der Waals surface area contributed by atoms with Gasteiger partial charge in [-0.05, 0) is 13.0 Å². The molecule has 0 heterocycles. The molecular weight excluding hydrogens is 390 g/mol. The minimum atomic E-state index is 0.0257. The molecule has 0 saturated heterocycles. The lowest BCUT2D eigenvalue weighted by Gasteiger charge is -2.22. The van der Waals surface area contributed by atoms with E-state index in [0.29, 0.717) is 52.1 Å². The van der Waals surface area contributed by atoms with Crippen LogP contribution in [-0.4, -0.2) is 62.5 Å². The van der Waals surface area contributed by atoms with Gasteiger partial charge in [-0.25, -0.2) is 0 Å². The van der Waals surface area contributed by atoms with E-state index < -0.39 is 0 Å². The summed E-state index contributed by atoms with van der Waals surface area (Å²) in [4.78, 5) is 26.0. The maximum atomic E-state index is 11.9. The van der Waals surface area contributed by atoms with E-state index in [4.69, 9.17) is 11.5 Å². The Kier molecular flexibility index (Phi) is 22.6. The zero-order valence-electron chi connectivity index (χ0n) is 20.3. The van der Waals surface area contributed by atoms with Crippen LogP contribution in [-0.2, 0) is 9.59 Å². The maximum Gasteiger partial charge on any atom is 0.221 e. The third-order valence-electron chi connectivity index (χ3n) is 5.57. The molecule has 0 unspecified atom stereocenters. The van der Waals surface area contributed by atoms with Gasteiger partial charge in [-0.3, -0.25) is 9.59 Å². The van der Waals surface area contributed by atoms with Crippen molar-refractivity contribution in [3.05, 3.63) is 0 Å². The molecule has 31 heavy (non-hydrogen) atoms. The maximum absolute atomic E-state index is 11.9. The monoisotopic (exact) mass is 441 g/mol. The Morgan fingerprint density at radius 3 is 1.39 bits per heavy atom. The fourth-order valence-electron chi connectivity index (χ4n) is 3.63. The van der Waals surface area contributed by atoms with Crippen LogP contribution >= 0.6 is 0 Å². The minimum Gasteiger partial charge on any atom is -0.355 e. The molecule has 184 valence electrons. The summed E-state index contributed by atoms with van der Waals surface area (Å²) in [6.07, 6.45) is 16.8. The van der Waals surface area contributed by atoms with Gasteiger partial charge < -0.3 is 27.0 Å². The summed E-state index contributed by atoms with van der Waals surface area (Å²) in [6.45, 7) is 6.49. The van der Waals surface area contributed by atoms with Gasteiger partial charge in [0, 0.05) is 52.1 Å². The highest BCUT2D eigenvalue weighted by atomic mass is 16.2. The van der Waals surface area contributed by atoms with Crippen LogP contribution in [0.2, 0.25) is 0 Å². The first-order valence-corrected chi connectivity index (χ1v) is 12.8. The van der Waals surface area contributed by atoms with Crippen LogP contribution in [0.15, 0.2) is 0 Å². The lowest BCUT2D eigenvalue weighted by atomic mass is 10.1. The van der Waals surface area contributed by atoms with Crippen LogP contribution in [0, 0.1) is 0 Å². The van der Waals surface area contributed by atoms with Crippen LogP contribution in [0.4, 0.5) is 0 Å². The number of unbranched alkanes of at least 4 members (excludes halogenated alkanes) is 11. The minimum absolute atomic E-state index is 0.0257. The van der Waals surface area contributed by atoms with E-state index in [1.165, 1.54) is 70.6 Å². The molecule has 7 nitrogen and oxygen atoms in total. The third kappa shape index (κ3) is 21.8. The van der Waals surface area contributed by atoms with E-state index in [2.05, 4.69) is 22.5 Å². The first kappa shape index (κ1) is 29.8. The fraction of sp³-hybridized carbons (Fsp3) is 0.917. The second-order valence-corrected chi connectivity index (χ2v) is 8.51. The van der Waals surface area contributed by atoms with Crippen LogP contribution in [0.1, 0.15) is 96.8 Å². The summed E-state index contributed by atoms with van der Waals surface area (Å²) >= 11 is 0. The Balaban J connectivity index is 3.93. The van der Waals surface area contributed by atoms with Crippen molar-refractivity contribution in [2.45, 2.75) is 96.8 Å². The highest BCUT2D eigenvalue weighted by molar-refractivity contribution is 5.76. The normalized spacial score (nSPS) is 11.1. The highest BCUT2D eigenvalue weighted by Crippen LogP contribution is 2.12. The van der Waals surface area contributed by atoms with Crippen molar-refractivity contribution >= 4 is 11.8 Å². The van der Waals surface area contributed by atoms with Gasteiger partial charge in [-0.1, -0.05) is 77.6 Å². The van der Waals surface area contributed by atoms with Gasteiger partial charge in [0.1, 0.15) is 0 Å². The average Bonchev–Trinajstić information content (AvgIpc) is 2.78. The van der Waals surface area contributed by atoms with Crippen LogP contribution in [0.3, 0.4) is 0 Å². The molecule has 0 saturated carbocycles. The predicted molar refractivity (Wildman–Crippen MR) is 131 cm³/mol. The molecule has 0 aliphatic rings. The third-order valence-corrected chi connectivity index (χ3v) is 5.57. The largest absolute Gasteiger partial charge is 0.355 e. The van der Waals surface area contributed by atoms with Gasteiger partial charge in [0.05, 0.1) is 0 Å². The van der Waals surface area contributed by atoms with Crippen LogP contribution in [0.5, 0.6) is 0 Å². The van der Waals surface area contributed by atoms with E-state index in [0.717, 1.165) is 13.0 Å². The van der Waals surface area contributed by atoms with Crippen molar-refractivity contribution < 1.29 is 9.59 Å². The summed E-state index contributed by atoms with van der Waals surface area (Å²) in [5.74, 6) is 0.0513. The topological polar surface area (TPSA) is 113 Å². The van der Waals surface area contributed by atoms with Crippen molar-refractivity contribution in [2.24, 2.45) is 11.5 Å². The molecular formula is C24H51N5O2. The van der Waals surface area contributed by atoms with Crippen molar-refractivity contribution in [1.29, 1.82) is 0 Å². The van der Waals surface area contributed by atoms with E-state index in [1.807, 2.05) is 0 Å². The van der Waals surface area contributed by atoms with E-state index in [9.17, 15) is 9.59 Å². The summed E-state index contributed by atoms with van der Waals surface area (Å²) in [5, 5.41) is 5.62. The van der Waals surface area contributed by atoms with Crippen molar-refractivity contribution in [3.63, 3.8) is 0 Å². The van der Waals surface area contributed by atoms with Gasteiger partial charge in [-0.2, -0.15) is 0 Å². The number of nitrogens with zero attached hydrogens (tertiary/aromatic N) is 1. The predicted octanol–water partition coefficient (Wildman–Crippen LogP) is 2.92. The first-order valence-electron chi connectivity index (χ1n) is 12.8. The second-order valence-electron chi connectivity index (χ2n) is 8.51. The Hall–Kier alpha value is -1.18. The standard InChI is InChI=1S/C24H51N5O2/c1-2-3-4-5-6-7-8-9-10-11-12-13-20-29(21-14-23(30)27-18-16-25)22-15-24(31)28-19-17-26/h2-22,25-26H2,1H3,(H,27,30)(H,28,31). The van der Waals surface area contributed by atoms with Crippen molar-refractivity contribution in [1.82, 2.24) is 15.5 Å². The molecule has 0 aromatic rings. The van der Waals surface area contributed by atoms with Crippen LogP contribution in [0.25, 0.3) is 0 Å². The van der Waals surface area contributed by atoms with Gasteiger partial charge in [0.2, 0.25) is 11.8 Å². The van der Waals surface area contributed by atoms with Gasteiger partial charge in [-0.15, -0.1) is 0 Å². The lowest BCUT2D eigenvalue weighted by Crippen LogP contribution is -2.36. The number of hydrogen-bond donors (Lipinski definition) is 4. The number of hydrogen-bond acceptors (Lipinski definition) is 5. The smallest absolute Gasteiger partial charge is 0.221 e.